The number of nitrogens with one attached hydrogen (secondary N) is 1. The highest BCUT2D eigenvalue weighted by molar-refractivity contribution is 5.92. The van der Waals surface area contributed by atoms with Gasteiger partial charge >= 0.3 is 0 Å². The monoisotopic (exact) mass is 261 g/mol. The van der Waals surface area contributed by atoms with Crippen LogP contribution in [0.2, 0.25) is 0 Å². The molecule has 1 atom stereocenters. The van der Waals surface area contributed by atoms with Crippen molar-refractivity contribution in [3.05, 3.63) is 30.3 Å². The van der Waals surface area contributed by atoms with Crippen molar-refractivity contribution in [1.29, 1.82) is 0 Å². The number of rotatable bonds is 3. The lowest BCUT2D eigenvalue weighted by Crippen LogP contribution is -2.51. The predicted molar refractivity (Wildman–Crippen MR) is 80.5 cm³/mol. The average molecular weight is 261 g/mol. The molecule has 0 bridgehead atoms. The second-order valence-corrected chi connectivity index (χ2v) is 5.11. The van der Waals surface area contributed by atoms with Crippen molar-refractivity contribution < 1.29 is 0 Å². The minimum Gasteiger partial charge on any atom is -0.370 e. The fourth-order valence-electron chi connectivity index (χ4n) is 2.21. The molecule has 0 aromatic heterocycles. The lowest BCUT2D eigenvalue weighted by molar-refractivity contribution is 0.119. The number of nitrogens with two attached hydrogens (primary N) is 1. The number of nitrogens with zero attached hydrogens (tertiary/aromatic N) is 3. The van der Waals surface area contributed by atoms with Gasteiger partial charge < -0.3 is 16.0 Å². The molecule has 1 fully saturated rings. The van der Waals surface area contributed by atoms with E-state index in [1.54, 1.807) is 0 Å². The second kappa shape index (κ2) is 6.54. The predicted octanol–water partition coefficient (Wildman–Crippen LogP) is 0.659. The van der Waals surface area contributed by atoms with E-state index in [0.29, 0.717) is 12.0 Å². The Labute approximate surface area is 115 Å². The third-order valence-electron chi connectivity index (χ3n) is 3.50. The highest BCUT2D eigenvalue weighted by Crippen LogP contribution is 2.07. The van der Waals surface area contributed by atoms with E-state index in [0.717, 1.165) is 31.9 Å². The summed E-state index contributed by atoms with van der Waals surface area (Å²) in [7, 11) is 4.29. The Kier molecular flexibility index (Phi) is 4.76. The molecular formula is C14H23N5. The van der Waals surface area contributed by atoms with E-state index in [9.17, 15) is 0 Å². The van der Waals surface area contributed by atoms with Crippen LogP contribution >= 0.6 is 0 Å². The molecule has 1 saturated heterocycles. The van der Waals surface area contributed by atoms with E-state index in [-0.39, 0.29) is 0 Å². The minimum atomic E-state index is 0.440. The first-order valence-corrected chi connectivity index (χ1v) is 6.66. The van der Waals surface area contributed by atoms with Gasteiger partial charge in [-0.2, -0.15) is 0 Å². The zero-order chi connectivity index (χ0) is 13.7. The number of aliphatic imine (C=N–C) groups is 1. The van der Waals surface area contributed by atoms with Crippen LogP contribution in [0.5, 0.6) is 0 Å². The molecule has 1 unspecified atom stereocenters. The lowest BCUT2D eigenvalue weighted by Gasteiger charge is -2.36. The first-order valence-electron chi connectivity index (χ1n) is 6.66. The zero-order valence-corrected chi connectivity index (χ0v) is 11.7. The molecule has 1 aliphatic heterocycles. The summed E-state index contributed by atoms with van der Waals surface area (Å²) in [6, 6.07) is 10.3. The number of anilines is 1. The van der Waals surface area contributed by atoms with Gasteiger partial charge in [0.15, 0.2) is 5.96 Å². The maximum atomic E-state index is 5.91. The van der Waals surface area contributed by atoms with Crippen LogP contribution in [0.3, 0.4) is 0 Å². The Hall–Kier alpha value is -1.59. The minimum absolute atomic E-state index is 0.440. The number of likely N-dealkylation sites (N-methyl/N-ethyl adjacent to an activating group) is 2. The van der Waals surface area contributed by atoms with Crippen LogP contribution in [0.15, 0.2) is 35.3 Å². The molecule has 0 aliphatic carbocycles. The van der Waals surface area contributed by atoms with Crippen LogP contribution in [-0.4, -0.2) is 62.1 Å². The van der Waals surface area contributed by atoms with Crippen molar-refractivity contribution in [1.82, 2.24) is 9.80 Å². The molecule has 19 heavy (non-hydrogen) atoms. The smallest absolute Gasteiger partial charge is 0.193 e. The number of benzene rings is 1. The van der Waals surface area contributed by atoms with E-state index in [1.807, 2.05) is 30.3 Å². The van der Waals surface area contributed by atoms with Crippen LogP contribution in [0.1, 0.15) is 0 Å². The van der Waals surface area contributed by atoms with Gasteiger partial charge in [0.05, 0.1) is 6.54 Å². The lowest BCUT2D eigenvalue weighted by atomic mass is 10.2. The molecule has 5 heteroatoms. The molecule has 0 saturated carbocycles. The average Bonchev–Trinajstić information content (AvgIpc) is 2.41. The Bertz CT molecular complexity index is 417. The van der Waals surface area contributed by atoms with Crippen LogP contribution in [0.25, 0.3) is 0 Å². The van der Waals surface area contributed by atoms with E-state index in [1.165, 1.54) is 0 Å². The van der Waals surface area contributed by atoms with E-state index < -0.39 is 0 Å². The number of guanidine groups is 1. The summed E-state index contributed by atoms with van der Waals surface area (Å²) in [6.45, 7) is 3.97. The molecule has 1 aromatic carbocycles. The number of hydrogen-bond donors (Lipinski definition) is 2. The van der Waals surface area contributed by atoms with Gasteiger partial charge in [-0.05, 0) is 26.2 Å². The Balaban J connectivity index is 1.87. The molecule has 2 rings (SSSR count). The standard InChI is InChI=1S/C14H23N5/c1-18-8-9-19(2)13(11-18)10-16-14(15)17-12-6-4-3-5-7-12/h3-7,13H,8-11H2,1-2H3,(H3,15,16,17). The molecule has 0 spiro atoms. The zero-order valence-electron chi connectivity index (χ0n) is 11.7. The summed E-state index contributed by atoms with van der Waals surface area (Å²) in [4.78, 5) is 9.12. The Morgan fingerprint density at radius 3 is 2.79 bits per heavy atom. The number of para-hydroxylation sites is 1. The van der Waals surface area contributed by atoms with Crippen molar-refractivity contribution in [2.24, 2.45) is 10.7 Å². The maximum Gasteiger partial charge on any atom is 0.193 e. The Morgan fingerprint density at radius 1 is 1.32 bits per heavy atom. The second-order valence-electron chi connectivity index (χ2n) is 5.11. The maximum absolute atomic E-state index is 5.91. The molecule has 104 valence electrons. The summed E-state index contributed by atoms with van der Waals surface area (Å²) >= 11 is 0. The number of hydrogen-bond acceptors (Lipinski definition) is 3. The third kappa shape index (κ3) is 4.22. The molecule has 5 nitrogen and oxygen atoms in total. The highest BCUT2D eigenvalue weighted by atomic mass is 15.3. The largest absolute Gasteiger partial charge is 0.370 e. The van der Waals surface area contributed by atoms with E-state index in [4.69, 9.17) is 5.73 Å². The first kappa shape index (κ1) is 13.8. The van der Waals surface area contributed by atoms with Crippen LogP contribution in [-0.2, 0) is 0 Å². The quantitative estimate of drug-likeness (QED) is 0.620. The fourth-order valence-corrected chi connectivity index (χ4v) is 2.21. The van der Waals surface area contributed by atoms with Crippen molar-refractivity contribution in [3.8, 4) is 0 Å². The Morgan fingerprint density at radius 2 is 2.05 bits per heavy atom. The van der Waals surface area contributed by atoms with Gasteiger partial charge in [-0.25, -0.2) is 0 Å². The van der Waals surface area contributed by atoms with Gasteiger partial charge in [0.25, 0.3) is 0 Å². The summed E-state index contributed by atoms with van der Waals surface area (Å²) in [6.07, 6.45) is 0. The highest BCUT2D eigenvalue weighted by Gasteiger charge is 2.21. The summed E-state index contributed by atoms with van der Waals surface area (Å²) in [5.41, 5.74) is 6.88. The van der Waals surface area contributed by atoms with Gasteiger partial charge in [0, 0.05) is 31.4 Å². The third-order valence-corrected chi connectivity index (χ3v) is 3.50. The van der Waals surface area contributed by atoms with Crippen molar-refractivity contribution >= 4 is 11.6 Å². The topological polar surface area (TPSA) is 56.9 Å². The van der Waals surface area contributed by atoms with E-state index >= 15 is 0 Å². The summed E-state index contributed by atoms with van der Waals surface area (Å²) in [5, 5.41) is 3.10. The molecule has 0 radical (unpaired) electrons. The summed E-state index contributed by atoms with van der Waals surface area (Å²) < 4.78 is 0. The van der Waals surface area contributed by atoms with Gasteiger partial charge in [-0.3, -0.25) is 9.89 Å². The fraction of sp³-hybridized carbons (Fsp3) is 0.500. The molecular weight excluding hydrogens is 238 g/mol. The van der Waals surface area contributed by atoms with E-state index in [2.05, 4.69) is 34.2 Å². The first-order chi connectivity index (χ1) is 9.15. The van der Waals surface area contributed by atoms with Crippen LogP contribution in [0.4, 0.5) is 5.69 Å². The van der Waals surface area contributed by atoms with Crippen LogP contribution in [0, 0.1) is 0 Å². The molecule has 3 N–H and O–H groups in total. The molecule has 1 aromatic rings. The van der Waals surface area contributed by atoms with Crippen molar-refractivity contribution in [2.45, 2.75) is 6.04 Å². The van der Waals surface area contributed by atoms with Gasteiger partial charge in [0.2, 0.25) is 0 Å². The van der Waals surface area contributed by atoms with Gasteiger partial charge in [-0.1, -0.05) is 18.2 Å². The van der Waals surface area contributed by atoms with Gasteiger partial charge in [0.1, 0.15) is 0 Å². The summed E-state index contributed by atoms with van der Waals surface area (Å²) in [5.74, 6) is 0.479. The number of piperazine rings is 1. The SMILES string of the molecule is CN1CCN(C)C(CN=C(N)Nc2ccccc2)C1. The molecule has 0 amide bonds. The van der Waals surface area contributed by atoms with Gasteiger partial charge in [-0.15, -0.1) is 0 Å². The van der Waals surface area contributed by atoms with Crippen LogP contribution < -0.4 is 11.1 Å². The van der Waals surface area contributed by atoms with Crippen molar-refractivity contribution in [2.75, 3.05) is 45.6 Å². The normalized spacial score (nSPS) is 22.4. The van der Waals surface area contributed by atoms with Crippen molar-refractivity contribution in [3.63, 3.8) is 0 Å². The molecule has 1 heterocycles. The molecule has 1 aliphatic rings.